The summed E-state index contributed by atoms with van der Waals surface area (Å²) in [7, 11) is 1.37. The van der Waals surface area contributed by atoms with Crippen molar-refractivity contribution in [3.05, 3.63) is 161 Å². The Labute approximate surface area is 265 Å². The zero-order chi connectivity index (χ0) is 31.4. The van der Waals surface area contributed by atoms with E-state index >= 15 is 0 Å². The first-order valence-electron chi connectivity index (χ1n) is 15.1. The van der Waals surface area contributed by atoms with Gasteiger partial charge in [-0.3, -0.25) is 4.79 Å². The molecule has 0 amide bonds. The fourth-order valence-corrected chi connectivity index (χ4v) is 5.23. The Morgan fingerprint density at radius 1 is 0.756 bits per heavy atom. The van der Waals surface area contributed by atoms with E-state index in [0.717, 1.165) is 30.1 Å². The number of hydrogen-bond acceptors (Lipinski definition) is 6. The number of nitrogens with one attached hydrogen (secondary N) is 1. The van der Waals surface area contributed by atoms with Crippen molar-refractivity contribution in [2.75, 3.05) is 30.5 Å². The number of nitrogens with zero attached hydrogens (tertiary/aromatic N) is 1. The molecule has 0 aliphatic heterocycles. The highest BCUT2D eigenvalue weighted by atomic mass is 16.5. The quantitative estimate of drug-likeness (QED) is 0.105. The second-order valence-corrected chi connectivity index (χ2v) is 10.9. The normalized spacial score (nSPS) is 11.3. The summed E-state index contributed by atoms with van der Waals surface area (Å²) in [6.07, 6.45) is 0.374. The van der Waals surface area contributed by atoms with Crippen LogP contribution in [0.2, 0.25) is 0 Å². The van der Waals surface area contributed by atoms with E-state index in [1.54, 1.807) is 24.3 Å². The zero-order valence-corrected chi connectivity index (χ0v) is 25.7. The van der Waals surface area contributed by atoms with E-state index in [-0.39, 0.29) is 5.78 Å². The molecule has 228 valence electrons. The van der Waals surface area contributed by atoms with Crippen LogP contribution in [0, 0.1) is 6.92 Å². The second kappa shape index (κ2) is 15.4. The van der Waals surface area contributed by atoms with E-state index in [9.17, 15) is 9.59 Å². The molecule has 0 fully saturated rings. The predicted molar refractivity (Wildman–Crippen MR) is 180 cm³/mol. The highest BCUT2D eigenvalue weighted by molar-refractivity contribution is 6.12. The Hall–Kier alpha value is -5.36. The summed E-state index contributed by atoms with van der Waals surface area (Å²) in [5, 5.41) is 3.27. The van der Waals surface area contributed by atoms with Crippen molar-refractivity contribution in [1.82, 2.24) is 0 Å². The Bertz CT molecular complexity index is 1690. The maximum Gasteiger partial charge on any atom is 0.328 e. The monoisotopic (exact) mass is 598 g/mol. The van der Waals surface area contributed by atoms with Crippen LogP contribution in [0.3, 0.4) is 0 Å². The van der Waals surface area contributed by atoms with Gasteiger partial charge in [-0.15, -0.1) is 0 Å². The van der Waals surface area contributed by atoms with Crippen molar-refractivity contribution in [2.45, 2.75) is 25.9 Å². The van der Waals surface area contributed by atoms with Crippen LogP contribution >= 0.6 is 0 Å². The van der Waals surface area contributed by atoms with Gasteiger partial charge in [-0.1, -0.05) is 97.1 Å². The molecule has 6 heteroatoms. The number of anilines is 2. The third-order valence-corrected chi connectivity index (χ3v) is 7.60. The minimum Gasteiger partial charge on any atom is -0.492 e. The predicted octanol–water partition coefficient (Wildman–Crippen LogP) is 7.51. The standard InChI is InChI=1S/C39H38N2O4/c1-29-12-11-17-33(26-29)41(28-31-13-5-3-6-14-31)24-25-45-34-22-20-30(21-23-34)27-37(39(43)44-2)40-36-19-10-9-18-35(36)38(42)32-15-7-4-8-16-32/h3-23,26,37,40H,24-25,27-28H2,1-2H3/t37-/m0/s1. The summed E-state index contributed by atoms with van der Waals surface area (Å²) in [6, 6.07) is 42.3. The summed E-state index contributed by atoms with van der Waals surface area (Å²) < 4.78 is 11.3. The van der Waals surface area contributed by atoms with Gasteiger partial charge in [-0.2, -0.15) is 0 Å². The smallest absolute Gasteiger partial charge is 0.328 e. The number of para-hydroxylation sites is 1. The molecule has 0 aromatic heterocycles. The van der Waals surface area contributed by atoms with Crippen LogP contribution in [0.1, 0.15) is 32.6 Å². The van der Waals surface area contributed by atoms with Gasteiger partial charge in [0.05, 0.1) is 13.7 Å². The first kappa shape index (κ1) is 31.1. The molecule has 0 aliphatic carbocycles. The number of rotatable bonds is 14. The third-order valence-electron chi connectivity index (χ3n) is 7.60. The van der Waals surface area contributed by atoms with Gasteiger partial charge in [-0.25, -0.2) is 4.79 Å². The van der Waals surface area contributed by atoms with Gasteiger partial charge in [0.25, 0.3) is 0 Å². The number of esters is 1. The molecule has 0 saturated carbocycles. The molecule has 0 spiro atoms. The molecule has 0 unspecified atom stereocenters. The van der Waals surface area contributed by atoms with Crippen molar-refractivity contribution in [3.63, 3.8) is 0 Å². The fraction of sp³-hybridized carbons (Fsp3) is 0.179. The molecule has 5 aromatic carbocycles. The molecule has 0 saturated heterocycles. The van der Waals surface area contributed by atoms with Gasteiger partial charge < -0.3 is 19.7 Å². The van der Waals surface area contributed by atoms with E-state index in [1.807, 2.05) is 60.7 Å². The Morgan fingerprint density at radius 2 is 1.44 bits per heavy atom. The van der Waals surface area contributed by atoms with Crippen LogP contribution in [0.4, 0.5) is 11.4 Å². The number of ketones is 1. The number of carbonyl (C=O) groups excluding carboxylic acids is 2. The Morgan fingerprint density at radius 3 is 2.16 bits per heavy atom. The number of benzene rings is 5. The zero-order valence-electron chi connectivity index (χ0n) is 25.7. The largest absolute Gasteiger partial charge is 0.492 e. The number of carbonyl (C=O) groups is 2. The summed E-state index contributed by atoms with van der Waals surface area (Å²) in [4.78, 5) is 28.4. The summed E-state index contributed by atoms with van der Waals surface area (Å²) in [5.74, 6) is 0.226. The van der Waals surface area contributed by atoms with E-state index < -0.39 is 12.0 Å². The highest BCUT2D eigenvalue weighted by Gasteiger charge is 2.22. The topological polar surface area (TPSA) is 67.9 Å². The Kier molecular flexibility index (Phi) is 10.6. The summed E-state index contributed by atoms with van der Waals surface area (Å²) >= 11 is 0. The van der Waals surface area contributed by atoms with Crippen LogP contribution < -0.4 is 15.0 Å². The van der Waals surface area contributed by atoms with Gasteiger partial charge in [0.15, 0.2) is 5.78 Å². The van der Waals surface area contributed by atoms with E-state index in [2.05, 4.69) is 65.7 Å². The lowest BCUT2D eigenvalue weighted by atomic mass is 10.00. The molecule has 5 rings (SSSR count). The summed E-state index contributed by atoms with van der Waals surface area (Å²) in [5.41, 5.74) is 6.20. The van der Waals surface area contributed by atoms with Gasteiger partial charge in [0.2, 0.25) is 0 Å². The molecule has 0 aliphatic rings. The number of methoxy groups -OCH3 is 1. The lowest BCUT2D eigenvalue weighted by molar-refractivity contribution is -0.141. The molecule has 5 aromatic rings. The molecule has 0 bridgehead atoms. The van der Waals surface area contributed by atoms with Crippen molar-refractivity contribution in [2.24, 2.45) is 0 Å². The summed E-state index contributed by atoms with van der Waals surface area (Å²) in [6.45, 7) is 4.12. The maximum atomic E-state index is 13.2. The average molecular weight is 599 g/mol. The van der Waals surface area contributed by atoms with Crippen molar-refractivity contribution in [1.29, 1.82) is 0 Å². The van der Waals surface area contributed by atoms with Crippen LogP contribution in [0.5, 0.6) is 5.75 Å². The van der Waals surface area contributed by atoms with Gasteiger partial charge in [0, 0.05) is 35.5 Å². The van der Waals surface area contributed by atoms with Gasteiger partial charge in [0.1, 0.15) is 18.4 Å². The maximum absolute atomic E-state index is 13.2. The van der Waals surface area contributed by atoms with Crippen LogP contribution in [0.25, 0.3) is 0 Å². The van der Waals surface area contributed by atoms with Crippen LogP contribution in [-0.4, -0.2) is 38.1 Å². The highest BCUT2D eigenvalue weighted by Crippen LogP contribution is 2.23. The van der Waals surface area contributed by atoms with E-state index in [4.69, 9.17) is 9.47 Å². The minimum atomic E-state index is -0.688. The first-order valence-corrected chi connectivity index (χ1v) is 15.1. The molecular weight excluding hydrogens is 560 g/mol. The minimum absolute atomic E-state index is 0.117. The molecule has 0 radical (unpaired) electrons. The molecule has 1 N–H and O–H groups in total. The number of ether oxygens (including phenoxy) is 2. The Balaban J connectivity index is 1.23. The van der Waals surface area contributed by atoms with Gasteiger partial charge in [-0.05, 0) is 60.0 Å². The number of aryl methyl sites for hydroxylation is 1. The molecule has 1 atom stereocenters. The van der Waals surface area contributed by atoms with Crippen LogP contribution in [0.15, 0.2) is 133 Å². The second-order valence-electron chi connectivity index (χ2n) is 10.9. The molecule has 45 heavy (non-hydrogen) atoms. The van der Waals surface area contributed by atoms with Crippen LogP contribution in [-0.2, 0) is 22.5 Å². The lowest BCUT2D eigenvalue weighted by Gasteiger charge is -2.25. The van der Waals surface area contributed by atoms with Crippen molar-refractivity contribution < 1.29 is 19.1 Å². The average Bonchev–Trinajstić information content (AvgIpc) is 3.08. The van der Waals surface area contributed by atoms with Gasteiger partial charge >= 0.3 is 5.97 Å². The third kappa shape index (κ3) is 8.61. The number of hydrogen-bond donors (Lipinski definition) is 1. The fourth-order valence-electron chi connectivity index (χ4n) is 5.23. The molecular formula is C39H38N2O4. The van der Waals surface area contributed by atoms with E-state index in [1.165, 1.54) is 18.2 Å². The van der Waals surface area contributed by atoms with Crippen molar-refractivity contribution in [3.8, 4) is 5.75 Å². The van der Waals surface area contributed by atoms with E-state index in [0.29, 0.717) is 29.8 Å². The van der Waals surface area contributed by atoms with Crippen molar-refractivity contribution >= 4 is 23.1 Å². The SMILES string of the molecule is COC(=O)[C@H](Cc1ccc(OCCN(Cc2ccccc2)c2cccc(C)c2)cc1)Nc1ccccc1C(=O)c1ccccc1. The molecule has 0 heterocycles. The first-order chi connectivity index (χ1) is 22.0. The lowest BCUT2D eigenvalue weighted by Crippen LogP contribution is -2.33. The molecule has 6 nitrogen and oxygen atoms in total.